The number of aromatic amines is 1. The summed E-state index contributed by atoms with van der Waals surface area (Å²) in [5.74, 6) is 0. The van der Waals surface area contributed by atoms with E-state index in [0.29, 0.717) is 0 Å². The Bertz CT molecular complexity index is 615. The van der Waals surface area contributed by atoms with E-state index < -0.39 is 42.0 Å². The van der Waals surface area contributed by atoms with E-state index in [-0.39, 0.29) is 6.54 Å². The second kappa shape index (κ2) is 5.27. The van der Waals surface area contributed by atoms with Crippen molar-refractivity contribution < 1.29 is 19.3 Å². The number of aromatic nitrogens is 2. The summed E-state index contributed by atoms with van der Waals surface area (Å²) in [6.45, 7) is 2.28. The first-order valence-corrected chi connectivity index (χ1v) is 5.80. The lowest BCUT2D eigenvalue weighted by molar-refractivity contribution is -0.122. The van der Waals surface area contributed by atoms with Gasteiger partial charge in [-0.25, -0.2) is 9.18 Å². The quantitative estimate of drug-likeness (QED) is 0.565. The number of aliphatic hydroxyl groups excluding tert-OH is 2. The van der Waals surface area contributed by atoms with Gasteiger partial charge in [0.25, 0.3) is 5.56 Å². The van der Waals surface area contributed by atoms with Gasteiger partial charge in [0.05, 0.1) is 13.2 Å². The maximum absolute atomic E-state index is 14.2. The lowest BCUT2D eigenvalue weighted by atomic mass is 9.97. The molecule has 1 fully saturated rings. The first-order chi connectivity index (χ1) is 9.45. The lowest BCUT2D eigenvalue weighted by Crippen LogP contribution is -2.48. The highest BCUT2D eigenvalue weighted by Crippen LogP contribution is 2.38. The first-order valence-electron chi connectivity index (χ1n) is 5.80. The van der Waals surface area contributed by atoms with E-state index in [0.717, 1.165) is 16.8 Å². The van der Waals surface area contributed by atoms with Gasteiger partial charge in [-0.2, -0.15) is 0 Å². The largest absolute Gasteiger partial charge is 0.393 e. The van der Waals surface area contributed by atoms with Crippen LogP contribution in [-0.2, 0) is 4.74 Å². The summed E-state index contributed by atoms with van der Waals surface area (Å²) in [5, 5.41) is 19.2. The Morgan fingerprint density at radius 1 is 1.60 bits per heavy atom. The summed E-state index contributed by atoms with van der Waals surface area (Å²) in [5.41, 5.74) is -3.18. The van der Waals surface area contributed by atoms with Crippen LogP contribution in [0.3, 0.4) is 0 Å². The van der Waals surface area contributed by atoms with Crippen LogP contribution < -0.4 is 11.2 Å². The molecule has 2 rings (SSSR count). The normalized spacial score (nSPS) is 33.2. The van der Waals surface area contributed by atoms with Gasteiger partial charge >= 0.3 is 5.69 Å². The average Bonchev–Trinajstić information content (AvgIpc) is 2.65. The number of aliphatic hydroxyl groups is 2. The first kappa shape index (κ1) is 14.6. The maximum Gasteiger partial charge on any atom is 0.330 e. The zero-order chi connectivity index (χ0) is 14.9. The van der Waals surface area contributed by atoms with E-state index in [1.807, 2.05) is 4.98 Å². The molecule has 1 aromatic rings. The number of alkyl halides is 1. The highest BCUT2D eigenvalue weighted by Gasteiger charge is 2.55. The molecule has 1 aliphatic heterocycles. The Morgan fingerprint density at radius 3 is 2.85 bits per heavy atom. The van der Waals surface area contributed by atoms with Gasteiger partial charge in [0.1, 0.15) is 11.7 Å². The third kappa shape index (κ3) is 2.19. The molecular formula is C11H14FN3O5. The fourth-order valence-electron chi connectivity index (χ4n) is 2.16. The van der Waals surface area contributed by atoms with Crippen LogP contribution in [0, 0.1) is 0 Å². The third-order valence-corrected chi connectivity index (χ3v) is 3.24. The second-order valence-electron chi connectivity index (χ2n) is 4.52. The molecule has 0 bridgehead atoms. The van der Waals surface area contributed by atoms with Crippen molar-refractivity contribution in [1.29, 1.82) is 0 Å². The van der Waals surface area contributed by atoms with Crippen LogP contribution in [0.2, 0.25) is 0 Å². The van der Waals surface area contributed by atoms with Crippen LogP contribution >= 0.6 is 0 Å². The van der Waals surface area contributed by atoms with Crippen molar-refractivity contribution in [2.24, 2.45) is 4.99 Å². The fraction of sp³-hybridized carbons (Fsp3) is 0.545. The van der Waals surface area contributed by atoms with Crippen LogP contribution in [0.1, 0.15) is 6.23 Å². The number of ether oxygens (including phenoxy) is 1. The summed E-state index contributed by atoms with van der Waals surface area (Å²) in [6.07, 6.45) is -4.06. The van der Waals surface area contributed by atoms with Crippen molar-refractivity contribution in [3.63, 3.8) is 0 Å². The van der Waals surface area contributed by atoms with Gasteiger partial charge in [-0.1, -0.05) is 0 Å². The molecule has 1 aromatic heterocycles. The zero-order valence-corrected chi connectivity index (χ0v) is 10.4. The lowest BCUT2D eigenvalue weighted by Gasteiger charge is -2.27. The molecule has 3 N–H and O–H groups in total. The Hall–Kier alpha value is -1.84. The van der Waals surface area contributed by atoms with Gasteiger partial charge in [-0.05, 0) is 6.72 Å². The van der Waals surface area contributed by atoms with E-state index >= 15 is 0 Å². The summed E-state index contributed by atoms with van der Waals surface area (Å²) < 4.78 is 20.3. The molecule has 2 heterocycles. The number of nitrogens with zero attached hydrogens (tertiary/aromatic N) is 2. The standard InChI is InChI=1S/C11H14FN3O5/c1-13-4-11(5-16)8(18)7(12)9(20-11)15-3-2-6(17)14-10(15)19/h2-3,7-9,16,18H,1,4-5H2,(H,14,17,19)/t7-,8+,9-,11-/m1/s1. The van der Waals surface area contributed by atoms with Gasteiger partial charge in [-0.15, -0.1) is 0 Å². The third-order valence-electron chi connectivity index (χ3n) is 3.24. The van der Waals surface area contributed by atoms with E-state index in [4.69, 9.17) is 4.74 Å². The van der Waals surface area contributed by atoms with Crippen molar-refractivity contribution in [1.82, 2.24) is 9.55 Å². The predicted octanol–water partition coefficient (Wildman–Crippen LogP) is -1.80. The van der Waals surface area contributed by atoms with Crippen molar-refractivity contribution in [2.45, 2.75) is 24.1 Å². The fourth-order valence-corrected chi connectivity index (χ4v) is 2.16. The number of aliphatic imine (C=N–C) groups is 1. The molecule has 9 heteroatoms. The van der Waals surface area contributed by atoms with E-state index in [2.05, 4.69) is 11.7 Å². The van der Waals surface area contributed by atoms with Crippen molar-refractivity contribution >= 4 is 6.72 Å². The Balaban J connectivity index is 2.42. The van der Waals surface area contributed by atoms with Gasteiger partial charge < -0.3 is 14.9 Å². The summed E-state index contributed by atoms with van der Waals surface area (Å²) in [6, 6.07) is 1.02. The molecule has 1 saturated heterocycles. The van der Waals surface area contributed by atoms with Crippen molar-refractivity contribution in [3.8, 4) is 0 Å². The number of halogens is 1. The van der Waals surface area contributed by atoms with E-state index in [9.17, 15) is 24.2 Å². The smallest absolute Gasteiger partial charge is 0.330 e. The Morgan fingerprint density at radius 2 is 2.30 bits per heavy atom. The van der Waals surface area contributed by atoms with Crippen LogP contribution in [0.25, 0.3) is 0 Å². The van der Waals surface area contributed by atoms with E-state index in [1.165, 1.54) is 0 Å². The van der Waals surface area contributed by atoms with Crippen LogP contribution in [0.4, 0.5) is 4.39 Å². The Labute approximate surface area is 112 Å². The average molecular weight is 287 g/mol. The number of hydrogen-bond acceptors (Lipinski definition) is 6. The molecule has 1 aliphatic rings. The minimum Gasteiger partial charge on any atom is -0.393 e. The van der Waals surface area contributed by atoms with Gasteiger partial charge in [0.2, 0.25) is 0 Å². The number of hydrogen-bond donors (Lipinski definition) is 3. The molecule has 0 aliphatic carbocycles. The molecule has 20 heavy (non-hydrogen) atoms. The molecule has 0 saturated carbocycles. The molecule has 0 spiro atoms. The van der Waals surface area contributed by atoms with Crippen molar-refractivity contribution in [3.05, 3.63) is 33.1 Å². The minimum absolute atomic E-state index is 0.236. The summed E-state index contributed by atoms with van der Waals surface area (Å²) >= 11 is 0. The summed E-state index contributed by atoms with van der Waals surface area (Å²) in [7, 11) is 0. The van der Waals surface area contributed by atoms with Crippen LogP contribution in [0.5, 0.6) is 0 Å². The molecular weight excluding hydrogens is 273 g/mol. The summed E-state index contributed by atoms with van der Waals surface area (Å²) in [4.78, 5) is 28.0. The van der Waals surface area contributed by atoms with Crippen molar-refractivity contribution in [2.75, 3.05) is 13.2 Å². The highest BCUT2D eigenvalue weighted by atomic mass is 19.1. The molecule has 0 radical (unpaired) electrons. The predicted molar refractivity (Wildman–Crippen MR) is 66.6 cm³/mol. The molecule has 0 aromatic carbocycles. The van der Waals surface area contributed by atoms with Crippen LogP contribution in [0.15, 0.2) is 26.8 Å². The Kier molecular flexibility index (Phi) is 3.84. The van der Waals surface area contributed by atoms with Gasteiger partial charge in [-0.3, -0.25) is 19.3 Å². The molecule has 0 amide bonds. The van der Waals surface area contributed by atoms with Gasteiger partial charge in [0.15, 0.2) is 12.4 Å². The number of rotatable bonds is 4. The van der Waals surface area contributed by atoms with E-state index in [1.54, 1.807) is 0 Å². The van der Waals surface area contributed by atoms with Gasteiger partial charge in [0, 0.05) is 12.3 Å². The molecule has 110 valence electrons. The molecule has 4 atom stereocenters. The SMILES string of the molecule is C=NC[C@]1(CO)O[C@@H](n2ccc(=O)[nH]c2=O)[C@H](F)[C@@H]1O. The second-order valence-corrected chi connectivity index (χ2v) is 4.52. The topological polar surface area (TPSA) is 117 Å². The number of nitrogens with one attached hydrogen (secondary N) is 1. The van der Waals surface area contributed by atoms with Crippen LogP contribution in [-0.4, -0.2) is 57.5 Å². The maximum atomic E-state index is 14.2. The minimum atomic E-state index is -1.97. The zero-order valence-electron chi connectivity index (χ0n) is 10.4. The number of H-pyrrole nitrogens is 1. The monoisotopic (exact) mass is 287 g/mol. The molecule has 0 unspecified atom stereocenters. The molecule has 8 nitrogen and oxygen atoms in total. The highest BCUT2D eigenvalue weighted by molar-refractivity contribution is 5.24.